The number of amides is 1. The minimum Gasteiger partial charge on any atom is -0.462 e. The van der Waals surface area contributed by atoms with Gasteiger partial charge in [0.25, 0.3) is 0 Å². The first-order valence-electron chi connectivity index (χ1n) is 3.58. The van der Waals surface area contributed by atoms with Crippen molar-refractivity contribution in [3.8, 4) is 0 Å². The van der Waals surface area contributed by atoms with Crippen LogP contribution >= 0.6 is 12.4 Å². The van der Waals surface area contributed by atoms with E-state index in [-0.39, 0.29) is 12.4 Å². The molecule has 0 aromatic carbocycles. The lowest BCUT2D eigenvalue weighted by atomic mass is 10.5. The lowest BCUT2D eigenvalue weighted by Crippen LogP contribution is -2.36. The van der Waals surface area contributed by atoms with Gasteiger partial charge in [-0.05, 0) is 14.1 Å². The molecule has 0 atom stereocenters. The Bertz CT molecular complexity index is 173. The number of ether oxygens (including phenoxy) is 1. The zero-order valence-corrected chi connectivity index (χ0v) is 8.81. The van der Waals surface area contributed by atoms with Gasteiger partial charge < -0.3 is 15.0 Å². The molecule has 0 aromatic heterocycles. The molecule has 0 unspecified atom stereocenters. The van der Waals surface area contributed by atoms with Gasteiger partial charge in [0.1, 0.15) is 0 Å². The van der Waals surface area contributed by atoms with Crippen LogP contribution in [0.4, 0.5) is 0 Å². The largest absolute Gasteiger partial charge is 0.462 e. The number of hydrogen-bond acceptors (Lipinski definition) is 4. The smallest absolute Gasteiger partial charge is 0.396 e. The highest BCUT2D eigenvalue weighted by Crippen LogP contribution is 1.75. The summed E-state index contributed by atoms with van der Waals surface area (Å²) in [6.07, 6.45) is 0. The molecule has 0 radical (unpaired) electrons. The lowest BCUT2D eigenvalue weighted by Gasteiger charge is -2.09. The number of esters is 1. The van der Waals surface area contributed by atoms with Gasteiger partial charge in [-0.2, -0.15) is 0 Å². The summed E-state index contributed by atoms with van der Waals surface area (Å²) in [5.41, 5.74) is 0. The van der Waals surface area contributed by atoms with E-state index in [1.54, 1.807) is 0 Å². The van der Waals surface area contributed by atoms with E-state index < -0.39 is 11.9 Å². The first-order valence-corrected chi connectivity index (χ1v) is 3.58. The molecule has 5 nitrogen and oxygen atoms in total. The van der Waals surface area contributed by atoms with Gasteiger partial charge in [-0.1, -0.05) is 0 Å². The van der Waals surface area contributed by atoms with E-state index in [4.69, 9.17) is 0 Å². The molecule has 0 fully saturated rings. The number of nitrogens with zero attached hydrogens (tertiary/aromatic N) is 1. The third-order valence-electron chi connectivity index (χ3n) is 1.22. The number of hydrogen-bond donors (Lipinski definition) is 1. The topological polar surface area (TPSA) is 58.6 Å². The average Bonchev–Trinajstić information content (AvgIpc) is 2.02. The van der Waals surface area contributed by atoms with E-state index in [0.29, 0.717) is 13.1 Å². The van der Waals surface area contributed by atoms with Gasteiger partial charge in [-0.25, -0.2) is 4.79 Å². The van der Waals surface area contributed by atoms with Gasteiger partial charge in [0.2, 0.25) is 0 Å². The van der Waals surface area contributed by atoms with Crippen LogP contribution in [0, 0.1) is 0 Å². The third kappa shape index (κ3) is 7.55. The summed E-state index contributed by atoms with van der Waals surface area (Å²) in [5, 5.41) is 2.41. The van der Waals surface area contributed by atoms with E-state index in [9.17, 15) is 9.59 Å². The molecule has 1 amide bonds. The molecule has 1 N–H and O–H groups in total. The fraction of sp³-hybridized carbons (Fsp3) is 0.714. The average molecular weight is 211 g/mol. The number of rotatable bonds is 3. The van der Waals surface area contributed by atoms with E-state index in [1.807, 2.05) is 19.0 Å². The number of carbonyl (C=O) groups is 2. The van der Waals surface area contributed by atoms with Crippen molar-refractivity contribution in [2.45, 2.75) is 0 Å². The van der Waals surface area contributed by atoms with Crippen LogP contribution in [0.25, 0.3) is 0 Å². The van der Waals surface area contributed by atoms with Crippen molar-refractivity contribution in [2.24, 2.45) is 0 Å². The Kier molecular flexibility index (Phi) is 8.84. The van der Waals surface area contributed by atoms with Crippen molar-refractivity contribution in [3.05, 3.63) is 0 Å². The zero-order valence-electron chi connectivity index (χ0n) is 7.99. The monoisotopic (exact) mass is 210 g/mol. The molecule has 0 saturated heterocycles. The van der Waals surface area contributed by atoms with Crippen LogP contribution in [0.15, 0.2) is 0 Å². The fourth-order valence-electron chi connectivity index (χ4n) is 0.558. The summed E-state index contributed by atoms with van der Waals surface area (Å²) < 4.78 is 4.20. The molecule has 0 aliphatic heterocycles. The van der Waals surface area contributed by atoms with Crippen molar-refractivity contribution >= 4 is 24.3 Å². The number of methoxy groups -OCH3 is 1. The number of carbonyl (C=O) groups excluding carboxylic acids is 2. The first-order chi connectivity index (χ1) is 5.57. The quantitative estimate of drug-likeness (QED) is 0.493. The second kappa shape index (κ2) is 7.82. The van der Waals surface area contributed by atoms with Crippen LogP contribution < -0.4 is 5.32 Å². The highest BCUT2D eigenvalue weighted by molar-refractivity contribution is 6.32. The summed E-state index contributed by atoms with van der Waals surface area (Å²) in [7, 11) is 4.93. The Hall–Kier alpha value is -0.810. The van der Waals surface area contributed by atoms with Gasteiger partial charge in [-0.3, -0.25) is 4.79 Å². The molecule has 6 heteroatoms. The molecular formula is C7H15ClN2O3. The molecule has 0 heterocycles. The second-order valence-electron chi connectivity index (χ2n) is 2.55. The number of likely N-dealkylation sites (N-methyl/N-ethyl adjacent to an activating group) is 1. The minimum atomic E-state index is -0.853. The van der Waals surface area contributed by atoms with Gasteiger partial charge >= 0.3 is 11.9 Å². The van der Waals surface area contributed by atoms with Gasteiger partial charge in [0.05, 0.1) is 7.11 Å². The minimum absolute atomic E-state index is 0. The molecule has 0 spiro atoms. The predicted molar refractivity (Wildman–Crippen MR) is 50.8 cm³/mol. The Balaban J connectivity index is 0. The maximum atomic E-state index is 10.8. The van der Waals surface area contributed by atoms with Crippen molar-refractivity contribution in [3.63, 3.8) is 0 Å². The maximum Gasteiger partial charge on any atom is 0.396 e. The van der Waals surface area contributed by atoms with Crippen molar-refractivity contribution in [1.29, 1.82) is 0 Å². The van der Waals surface area contributed by atoms with E-state index in [0.717, 1.165) is 0 Å². The van der Waals surface area contributed by atoms with E-state index >= 15 is 0 Å². The number of halogens is 1. The fourth-order valence-corrected chi connectivity index (χ4v) is 0.558. The van der Waals surface area contributed by atoms with Gasteiger partial charge in [0, 0.05) is 13.1 Å². The second-order valence-corrected chi connectivity index (χ2v) is 2.55. The molecule has 0 aliphatic rings. The normalized spacial score (nSPS) is 8.92. The first kappa shape index (κ1) is 14.7. The molecule has 0 aliphatic carbocycles. The summed E-state index contributed by atoms with van der Waals surface area (Å²) >= 11 is 0. The molecule has 0 rings (SSSR count). The van der Waals surface area contributed by atoms with E-state index in [2.05, 4.69) is 10.1 Å². The molecule has 0 aromatic rings. The molecular weight excluding hydrogens is 196 g/mol. The summed E-state index contributed by atoms with van der Waals surface area (Å²) in [6, 6.07) is 0. The Morgan fingerprint density at radius 2 is 1.92 bits per heavy atom. The standard InChI is InChI=1S/C7H14N2O3.ClH/c1-9(2)5-4-8-6(10)7(11)12-3;/h4-5H2,1-3H3,(H,8,10);1H. The molecule has 78 valence electrons. The van der Waals surface area contributed by atoms with Crippen molar-refractivity contribution in [1.82, 2.24) is 10.2 Å². The lowest BCUT2D eigenvalue weighted by molar-refractivity contribution is -0.152. The predicted octanol–water partition coefficient (Wildman–Crippen LogP) is -0.741. The summed E-state index contributed by atoms with van der Waals surface area (Å²) in [4.78, 5) is 23.2. The Morgan fingerprint density at radius 3 is 2.31 bits per heavy atom. The van der Waals surface area contributed by atoms with Crippen LogP contribution in [0.1, 0.15) is 0 Å². The highest BCUT2D eigenvalue weighted by Gasteiger charge is 2.11. The molecule has 0 bridgehead atoms. The third-order valence-corrected chi connectivity index (χ3v) is 1.22. The van der Waals surface area contributed by atoms with Crippen LogP contribution in [-0.2, 0) is 14.3 Å². The van der Waals surface area contributed by atoms with Crippen LogP contribution in [-0.4, -0.2) is 51.1 Å². The summed E-state index contributed by atoms with van der Waals surface area (Å²) in [6.45, 7) is 1.14. The SMILES string of the molecule is COC(=O)C(=O)NCCN(C)C.Cl. The number of nitrogens with one attached hydrogen (secondary N) is 1. The van der Waals surface area contributed by atoms with Gasteiger partial charge in [-0.15, -0.1) is 12.4 Å². The highest BCUT2D eigenvalue weighted by atomic mass is 35.5. The molecule has 13 heavy (non-hydrogen) atoms. The Labute approximate surface area is 83.8 Å². The molecule has 0 saturated carbocycles. The zero-order chi connectivity index (χ0) is 9.56. The van der Waals surface area contributed by atoms with Crippen molar-refractivity contribution < 1.29 is 14.3 Å². The van der Waals surface area contributed by atoms with Crippen LogP contribution in [0.2, 0.25) is 0 Å². The maximum absolute atomic E-state index is 10.8. The van der Waals surface area contributed by atoms with Crippen LogP contribution in [0.5, 0.6) is 0 Å². The van der Waals surface area contributed by atoms with Gasteiger partial charge in [0.15, 0.2) is 0 Å². The van der Waals surface area contributed by atoms with E-state index in [1.165, 1.54) is 7.11 Å². The Morgan fingerprint density at radius 1 is 1.38 bits per heavy atom. The summed E-state index contributed by atoms with van der Waals surface area (Å²) in [5.74, 6) is -1.55. The van der Waals surface area contributed by atoms with Crippen LogP contribution in [0.3, 0.4) is 0 Å². The van der Waals surface area contributed by atoms with Crippen molar-refractivity contribution in [2.75, 3.05) is 34.3 Å².